The number of carbonyl (C=O) groups is 2. The van der Waals surface area contributed by atoms with Crippen molar-refractivity contribution in [2.75, 3.05) is 10.2 Å². The van der Waals surface area contributed by atoms with Gasteiger partial charge < -0.3 is 5.32 Å². The highest BCUT2D eigenvalue weighted by Crippen LogP contribution is 2.30. The zero-order valence-corrected chi connectivity index (χ0v) is 15.2. The van der Waals surface area contributed by atoms with Crippen molar-refractivity contribution in [3.63, 3.8) is 0 Å². The maximum Gasteiger partial charge on any atom is 0.248 e. The lowest BCUT2D eigenvalue weighted by Gasteiger charge is -2.18. The monoisotopic (exact) mass is 381 g/mol. The summed E-state index contributed by atoms with van der Waals surface area (Å²) in [7, 11) is 0. The minimum absolute atomic E-state index is 0.136. The molecule has 1 N–H and O–H groups in total. The molecular weight excluding hydrogens is 365 g/mol. The van der Waals surface area contributed by atoms with E-state index in [-0.39, 0.29) is 17.5 Å². The third kappa shape index (κ3) is 4.65. The lowest BCUT2D eigenvalue weighted by Crippen LogP contribution is -2.23. The van der Waals surface area contributed by atoms with E-state index in [2.05, 4.69) is 10.3 Å². The van der Waals surface area contributed by atoms with E-state index < -0.39 is 5.82 Å². The first-order valence-electron chi connectivity index (χ1n) is 8.09. The third-order valence-electron chi connectivity index (χ3n) is 3.56. The van der Waals surface area contributed by atoms with Crippen molar-refractivity contribution in [3.8, 4) is 0 Å². The predicted molar refractivity (Wildman–Crippen MR) is 105 cm³/mol. The second kappa shape index (κ2) is 8.37. The van der Waals surface area contributed by atoms with Crippen molar-refractivity contribution in [2.24, 2.45) is 0 Å². The lowest BCUT2D eigenvalue weighted by molar-refractivity contribution is -0.116. The molecule has 136 valence electrons. The molecule has 1 aromatic heterocycles. The van der Waals surface area contributed by atoms with E-state index in [0.717, 1.165) is 0 Å². The average molecular weight is 381 g/mol. The van der Waals surface area contributed by atoms with Crippen LogP contribution in [-0.4, -0.2) is 16.8 Å². The Bertz CT molecular complexity index is 986. The third-order valence-corrected chi connectivity index (χ3v) is 4.40. The summed E-state index contributed by atoms with van der Waals surface area (Å²) >= 11 is 1.19. The van der Waals surface area contributed by atoms with Gasteiger partial charge in [-0.05, 0) is 30.3 Å². The van der Waals surface area contributed by atoms with Crippen LogP contribution in [0.2, 0.25) is 0 Å². The predicted octanol–water partition coefficient (Wildman–Crippen LogP) is 4.62. The second-order valence-electron chi connectivity index (χ2n) is 5.55. The Balaban J connectivity index is 1.76. The first-order valence-corrected chi connectivity index (χ1v) is 8.97. The van der Waals surface area contributed by atoms with E-state index in [4.69, 9.17) is 0 Å². The first kappa shape index (κ1) is 18.5. The van der Waals surface area contributed by atoms with Gasteiger partial charge in [-0.2, -0.15) is 0 Å². The van der Waals surface area contributed by atoms with Gasteiger partial charge in [-0.25, -0.2) is 9.37 Å². The Labute approximate surface area is 159 Å². The number of nitrogens with one attached hydrogen (secondary N) is 1. The molecular formula is C20H16FN3O2S. The van der Waals surface area contributed by atoms with Crippen LogP contribution in [0, 0.1) is 5.82 Å². The molecule has 0 radical (unpaired) electrons. The number of thiazole rings is 1. The Morgan fingerprint density at radius 1 is 1.11 bits per heavy atom. The Hall–Kier alpha value is -3.32. The van der Waals surface area contributed by atoms with Gasteiger partial charge in [0, 0.05) is 24.1 Å². The summed E-state index contributed by atoms with van der Waals surface area (Å²) in [6.45, 7) is 1.34. The SMILES string of the molecule is CC(=O)N(c1nc(/C=C/C(=O)Nc2ccccc2)cs1)c1ccccc1F. The smallest absolute Gasteiger partial charge is 0.248 e. The van der Waals surface area contributed by atoms with Gasteiger partial charge in [0.15, 0.2) is 5.13 Å². The van der Waals surface area contributed by atoms with Gasteiger partial charge >= 0.3 is 0 Å². The number of hydrogen-bond donors (Lipinski definition) is 1. The van der Waals surface area contributed by atoms with Gasteiger partial charge in [0.1, 0.15) is 5.82 Å². The fourth-order valence-electron chi connectivity index (χ4n) is 2.36. The molecule has 0 unspecified atom stereocenters. The molecule has 0 fully saturated rings. The molecule has 0 saturated heterocycles. The van der Waals surface area contributed by atoms with Crippen LogP contribution in [0.4, 0.5) is 20.9 Å². The maximum absolute atomic E-state index is 14.1. The summed E-state index contributed by atoms with van der Waals surface area (Å²) in [5.41, 5.74) is 1.32. The van der Waals surface area contributed by atoms with Gasteiger partial charge in [-0.3, -0.25) is 14.5 Å². The van der Waals surface area contributed by atoms with E-state index in [1.165, 1.54) is 47.4 Å². The van der Waals surface area contributed by atoms with E-state index >= 15 is 0 Å². The number of anilines is 3. The summed E-state index contributed by atoms with van der Waals surface area (Å²) < 4.78 is 14.1. The quantitative estimate of drug-likeness (QED) is 0.656. The molecule has 0 aliphatic rings. The van der Waals surface area contributed by atoms with Crippen LogP contribution in [0.5, 0.6) is 0 Å². The van der Waals surface area contributed by atoms with Crippen LogP contribution in [0.25, 0.3) is 6.08 Å². The minimum Gasteiger partial charge on any atom is -0.323 e. The van der Waals surface area contributed by atoms with E-state index in [1.807, 2.05) is 18.2 Å². The van der Waals surface area contributed by atoms with E-state index in [0.29, 0.717) is 16.5 Å². The highest BCUT2D eigenvalue weighted by Gasteiger charge is 2.20. The molecule has 27 heavy (non-hydrogen) atoms. The molecule has 0 atom stereocenters. The Kier molecular flexibility index (Phi) is 5.73. The largest absolute Gasteiger partial charge is 0.323 e. The number of nitrogens with zero attached hydrogens (tertiary/aromatic N) is 2. The second-order valence-corrected chi connectivity index (χ2v) is 6.39. The van der Waals surface area contributed by atoms with Crippen LogP contribution >= 0.6 is 11.3 Å². The van der Waals surface area contributed by atoms with Gasteiger partial charge in [-0.15, -0.1) is 11.3 Å². The molecule has 2 aromatic carbocycles. The lowest BCUT2D eigenvalue weighted by atomic mass is 10.3. The molecule has 0 aliphatic heterocycles. The number of halogens is 1. The highest BCUT2D eigenvalue weighted by molar-refractivity contribution is 7.14. The van der Waals surface area contributed by atoms with E-state index in [1.54, 1.807) is 29.6 Å². The normalized spacial score (nSPS) is 10.7. The van der Waals surface area contributed by atoms with Gasteiger partial charge in [0.2, 0.25) is 11.8 Å². The van der Waals surface area contributed by atoms with Crippen LogP contribution in [0.15, 0.2) is 66.1 Å². The molecule has 3 aromatic rings. The Morgan fingerprint density at radius 2 is 1.81 bits per heavy atom. The number of rotatable bonds is 5. The van der Waals surface area contributed by atoms with Gasteiger partial charge in [0.25, 0.3) is 0 Å². The standard InChI is InChI=1S/C20H16FN3O2S/c1-14(25)24(18-10-6-5-9-17(18)21)20-23-16(13-27-20)11-12-19(26)22-15-7-3-2-4-8-15/h2-13H,1H3,(H,22,26)/b12-11+. The number of amides is 2. The van der Waals surface area contributed by atoms with Crippen LogP contribution in [0.1, 0.15) is 12.6 Å². The summed E-state index contributed by atoms with van der Waals surface area (Å²) in [5.74, 6) is -1.16. The molecule has 1 heterocycles. The van der Waals surface area contributed by atoms with Crippen molar-refractivity contribution in [3.05, 3.63) is 77.6 Å². The summed E-state index contributed by atoms with van der Waals surface area (Å²) in [5, 5.41) is 4.75. The highest BCUT2D eigenvalue weighted by atomic mass is 32.1. The van der Waals surface area contributed by atoms with E-state index in [9.17, 15) is 14.0 Å². The number of carbonyl (C=O) groups excluding carboxylic acids is 2. The zero-order chi connectivity index (χ0) is 19.2. The number of para-hydroxylation sites is 2. The summed E-state index contributed by atoms with van der Waals surface area (Å²) in [6.07, 6.45) is 2.89. The minimum atomic E-state index is -0.512. The van der Waals surface area contributed by atoms with Crippen LogP contribution in [0.3, 0.4) is 0 Å². The molecule has 0 saturated carbocycles. The van der Waals surface area contributed by atoms with Crippen molar-refractivity contribution in [1.82, 2.24) is 4.98 Å². The van der Waals surface area contributed by atoms with Crippen molar-refractivity contribution in [2.45, 2.75) is 6.92 Å². The molecule has 0 bridgehead atoms. The Morgan fingerprint density at radius 3 is 2.52 bits per heavy atom. The molecule has 0 spiro atoms. The topological polar surface area (TPSA) is 62.3 Å². The van der Waals surface area contributed by atoms with Crippen LogP contribution in [-0.2, 0) is 9.59 Å². The van der Waals surface area contributed by atoms with Gasteiger partial charge in [0.05, 0.1) is 11.4 Å². The molecule has 0 aliphatic carbocycles. The molecule has 2 amide bonds. The van der Waals surface area contributed by atoms with Gasteiger partial charge in [-0.1, -0.05) is 30.3 Å². The maximum atomic E-state index is 14.1. The number of hydrogen-bond acceptors (Lipinski definition) is 4. The summed E-state index contributed by atoms with van der Waals surface area (Å²) in [4.78, 5) is 29.5. The number of aromatic nitrogens is 1. The fraction of sp³-hybridized carbons (Fsp3) is 0.0500. The zero-order valence-electron chi connectivity index (χ0n) is 14.4. The van der Waals surface area contributed by atoms with Crippen molar-refractivity contribution >= 4 is 45.7 Å². The number of benzene rings is 2. The molecule has 3 rings (SSSR count). The first-order chi connectivity index (χ1) is 13.0. The van der Waals surface area contributed by atoms with Crippen molar-refractivity contribution < 1.29 is 14.0 Å². The van der Waals surface area contributed by atoms with Crippen LogP contribution < -0.4 is 10.2 Å². The summed E-state index contributed by atoms with van der Waals surface area (Å²) in [6, 6.07) is 15.1. The molecule has 5 nitrogen and oxygen atoms in total. The molecule has 7 heteroatoms. The fourth-order valence-corrected chi connectivity index (χ4v) is 3.21. The average Bonchev–Trinajstić information content (AvgIpc) is 3.11. The van der Waals surface area contributed by atoms with Crippen molar-refractivity contribution in [1.29, 1.82) is 0 Å².